The highest BCUT2D eigenvalue weighted by atomic mass is 79.9. The molecule has 0 bridgehead atoms. The zero-order valence-electron chi connectivity index (χ0n) is 6.53. The normalized spacial score (nSPS) is 11.4. The smallest absolute Gasteiger partial charge is 0.166 e. The molecule has 0 spiro atoms. The molecule has 0 saturated heterocycles. The molecule has 0 saturated carbocycles. The van der Waals surface area contributed by atoms with Crippen molar-refractivity contribution in [3.05, 3.63) is 40.4 Å². The fourth-order valence-corrected chi connectivity index (χ4v) is 1.41. The summed E-state index contributed by atoms with van der Waals surface area (Å²) in [4.78, 5) is 0. The van der Waals surface area contributed by atoms with Crippen LogP contribution in [0.1, 0.15) is 11.1 Å². The Balaban J connectivity index is 3.17. The molecule has 4 heteroatoms. The van der Waals surface area contributed by atoms with Crippen LogP contribution in [-0.4, -0.2) is 0 Å². The first-order chi connectivity index (χ1) is 5.95. The number of alkyl halides is 3. The zero-order valence-corrected chi connectivity index (χ0v) is 8.11. The van der Waals surface area contributed by atoms with Crippen LogP contribution in [0.4, 0.5) is 13.2 Å². The van der Waals surface area contributed by atoms with Crippen LogP contribution in [0.3, 0.4) is 0 Å². The molecule has 1 rings (SSSR count). The number of rotatable bonds is 1. The summed E-state index contributed by atoms with van der Waals surface area (Å²) < 4.78 is 36.9. The van der Waals surface area contributed by atoms with Gasteiger partial charge in [0.25, 0.3) is 0 Å². The van der Waals surface area contributed by atoms with E-state index in [0.29, 0.717) is 10.0 Å². The Morgan fingerprint density at radius 3 is 2.31 bits per heavy atom. The molecule has 0 aromatic heterocycles. The van der Waals surface area contributed by atoms with Gasteiger partial charge in [0.05, 0.1) is 5.56 Å². The van der Waals surface area contributed by atoms with Gasteiger partial charge in [-0.1, -0.05) is 34.7 Å². The summed E-state index contributed by atoms with van der Waals surface area (Å²) in [5.74, 6) is 0. The third-order valence-electron chi connectivity index (χ3n) is 1.55. The van der Waals surface area contributed by atoms with Gasteiger partial charge in [-0.25, -0.2) is 0 Å². The van der Waals surface area contributed by atoms with E-state index in [1.165, 1.54) is 12.1 Å². The molecule has 0 radical (unpaired) electrons. The molecule has 0 amide bonds. The summed E-state index contributed by atoms with van der Waals surface area (Å²) in [6, 6.07) is 3.44. The first kappa shape index (κ1) is 10.3. The highest BCUT2D eigenvalue weighted by Gasteiger charge is 2.30. The van der Waals surface area contributed by atoms with Crippen LogP contribution in [0.5, 0.6) is 0 Å². The van der Waals surface area contributed by atoms with E-state index >= 15 is 0 Å². The van der Waals surface area contributed by atoms with Gasteiger partial charge in [0.15, 0.2) is 0 Å². The van der Waals surface area contributed by atoms with Crippen molar-refractivity contribution in [3.8, 4) is 0 Å². The molecule has 0 aliphatic carbocycles. The largest absolute Gasteiger partial charge is 0.416 e. The Kier molecular flexibility index (Phi) is 2.81. The van der Waals surface area contributed by atoms with Gasteiger partial charge < -0.3 is 0 Å². The highest BCUT2D eigenvalue weighted by Crippen LogP contribution is 2.32. The lowest BCUT2D eigenvalue weighted by atomic mass is 10.1. The molecule has 13 heavy (non-hydrogen) atoms. The molecule has 0 aliphatic heterocycles. The second kappa shape index (κ2) is 3.54. The summed E-state index contributed by atoms with van der Waals surface area (Å²) in [5.41, 5.74) is -0.0158. The summed E-state index contributed by atoms with van der Waals surface area (Å²) in [7, 11) is 0. The predicted molar refractivity (Wildman–Crippen MR) is 49.2 cm³/mol. The van der Waals surface area contributed by atoms with Gasteiger partial charge in [0, 0.05) is 4.47 Å². The third kappa shape index (κ3) is 2.34. The van der Waals surface area contributed by atoms with Crippen molar-refractivity contribution in [2.24, 2.45) is 0 Å². The average Bonchev–Trinajstić information content (AvgIpc) is 2.02. The highest BCUT2D eigenvalue weighted by molar-refractivity contribution is 9.10. The Hall–Kier alpha value is -0.770. The van der Waals surface area contributed by atoms with Crippen LogP contribution in [0.2, 0.25) is 0 Å². The Labute approximate surface area is 82.2 Å². The summed E-state index contributed by atoms with van der Waals surface area (Å²) in [6.45, 7) is 3.47. The maximum atomic E-state index is 12.2. The van der Waals surface area contributed by atoms with Gasteiger partial charge >= 0.3 is 6.18 Å². The van der Waals surface area contributed by atoms with Crippen molar-refractivity contribution < 1.29 is 13.2 Å². The Bertz CT molecular complexity index is 328. The first-order valence-electron chi connectivity index (χ1n) is 3.44. The van der Waals surface area contributed by atoms with E-state index < -0.39 is 11.7 Å². The summed E-state index contributed by atoms with van der Waals surface area (Å²) >= 11 is 3.03. The van der Waals surface area contributed by atoms with Gasteiger partial charge in [0.2, 0.25) is 0 Å². The molecule has 0 nitrogen and oxygen atoms in total. The minimum atomic E-state index is -4.29. The second-order valence-corrected chi connectivity index (χ2v) is 3.29. The maximum absolute atomic E-state index is 12.2. The molecule has 0 unspecified atom stereocenters. The molecule has 0 heterocycles. The molecule has 0 atom stereocenters. The van der Waals surface area contributed by atoms with E-state index in [-0.39, 0.29) is 0 Å². The van der Waals surface area contributed by atoms with Crippen molar-refractivity contribution in [1.82, 2.24) is 0 Å². The first-order valence-corrected chi connectivity index (χ1v) is 4.23. The fourth-order valence-electron chi connectivity index (χ4n) is 0.869. The lowest BCUT2D eigenvalue weighted by Gasteiger charge is -2.07. The number of benzene rings is 1. The maximum Gasteiger partial charge on any atom is 0.416 e. The van der Waals surface area contributed by atoms with E-state index in [0.717, 1.165) is 12.1 Å². The van der Waals surface area contributed by atoms with Crippen molar-refractivity contribution >= 4 is 22.0 Å². The van der Waals surface area contributed by atoms with Crippen LogP contribution in [0.15, 0.2) is 29.3 Å². The van der Waals surface area contributed by atoms with Crippen LogP contribution >= 0.6 is 15.9 Å². The number of halogens is 4. The molecule has 1 aromatic rings. The molecule has 1 aromatic carbocycles. The fraction of sp³-hybridized carbons (Fsp3) is 0.111. The van der Waals surface area contributed by atoms with E-state index in [1.807, 2.05) is 0 Å². The van der Waals surface area contributed by atoms with Gasteiger partial charge in [0.1, 0.15) is 0 Å². The minimum Gasteiger partial charge on any atom is -0.166 e. The average molecular weight is 251 g/mol. The number of hydrogen-bond acceptors (Lipinski definition) is 0. The molecular formula is C9H6BrF3. The zero-order chi connectivity index (χ0) is 10.1. The summed E-state index contributed by atoms with van der Waals surface area (Å²) in [5, 5.41) is 0. The monoisotopic (exact) mass is 250 g/mol. The van der Waals surface area contributed by atoms with Crippen LogP contribution in [0.25, 0.3) is 6.08 Å². The van der Waals surface area contributed by atoms with E-state index in [1.54, 1.807) is 0 Å². The van der Waals surface area contributed by atoms with Crippen LogP contribution in [-0.2, 0) is 6.18 Å². The van der Waals surface area contributed by atoms with E-state index in [9.17, 15) is 13.2 Å². The van der Waals surface area contributed by atoms with Crippen molar-refractivity contribution in [2.75, 3.05) is 0 Å². The predicted octanol–water partition coefficient (Wildman–Crippen LogP) is 4.11. The number of hydrogen-bond donors (Lipinski definition) is 0. The van der Waals surface area contributed by atoms with E-state index in [4.69, 9.17) is 0 Å². The van der Waals surface area contributed by atoms with Crippen LogP contribution in [0, 0.1) is 0 Å². The van der Waals surface area contributed by atoms with Crippen molar-refractivity contribution in [2.45, 2.75) is 6.18 Å². The Morgan fingerprint density at radius 1 is 1.31 bits per heavy atom. The topological polar surface area (TPSA) is 0 Å². The summed E-state index contributed by atoms with van der Waals surface area (Å²) in [6.07, 6.45) is -2.80. The lowest BCUT2D eigenvalue weighted by Crippen LogP contribution is -2.04. The molecule has 0 aliphatic rings. The molecule has 0 N–H and O–H groups in total. The minimum absolute atomic E-state index is 0.400. The van der Waals surface area contributed by atoms with Crippen molar-refractivity contribution in [3.63, 3.8) is 0 Å². The lowest BCUT2D eigenvalue weighted by molar-refractivity contribution is -0.137. The van der Waals surface area contributed by atoms with Crippen LogP contribution < -0.4 is 0 Å². The van der Waals surface area contributed by atoms with Gasteiger partial charge in [-0.05, 0) is 17.7 Å². The second-order valence-electron chi connectivity index (χ2n) is 2.44. The van der Waals surface area contributed by atoms with Crippen molar-refractivity contribution in [1.29, 1.82) is 0 Å². The standard InChI is InChI=1S/C9H6BrF3/c1-2-6-3-4-7(5-8(6)10)9(11,12)13/h2-5H,1H2. The van der Waals surface area contributed by atoms with Gasteiger partial charge in [-0.3, -0.25) is 0 Å². The Morgan fingerprint density at radius 2 is 1.92 bits per heavy atom. The quantitative estimate of drug-likeness (QED) is 0.704. The third-order valence-corrected chi connectivity index (χ3v) is 2.23. The van der Waals surface area contributed by atoms with Gasteiger partial charge in [-0.15, -0.1) is 0 Å². The van der Waals surface area contributed by atoms with E-state index in [2.05, 4.69) is 22.5 Å². The SMILES string of the molecule is C=Cc1ccc(C(F)(F)F)cc1Br. The van der Waals surface area contributed by atoms with Gasteiger partial charge in [-0.2, -0.15) is 13.2 Å². The molecule has 70 valence electrons. The molecule has 0 fully saturated rings. The molecular weight excluding hydrogens is 245 g/mol.